The zero-order valence-electron chi connectivity index (χ0n) is 16.5. The summed E-state index contributed by atoms with van der Waals surface area (Å²) in [5.41, 5.74) is -1.40. The van der Waals surface area contributed by atoms with E-state index >= 15 is 0 Å². The van der Waals surface area contributed by atoms with Crippen molar-refractivity contribution in [1.82, 2.24) is 9.29 Å². The molecule has 0 bridgehead atoms. The van der Waals surface area contributed by atoms with Crippen molar-refractivity contribution in [2.75, 3.05) is 18.4 Å². The fraction of sp³-hybridized carbons (Fsp3) is 0.200. The van der Waals surface area contributed by atoms with E-state index in [0.717, 1.165) is 12.1 Å². The van der Waals surface area contributed by atoms with Crippen molar-refractivity contribution in [3.8, 4) is 0 Å². The van der Waals surface area contributed by atoms with Gasteiger partial charge in [-0.25, -0.2) is 21.6 Å². The Balaban J connectivity index is 2.13. The summed E-state index contributed by atoms with van der Waals surface area (Å²) in [7, 11) is -3.86. The third-order valence-electron chi connectivity index (χ3n) is 4.69. The minimum Gasteiger partial charge on any atom is -0.322 e. The molecule has 0 aliphatic carbocycles. The van der Waals surface area contributed by atoms with Gasteiger partial charge in [0.2, 0.25) is 15.6 Å². The Morgan fingerprint density at radius 3 is 2.35 bits per heavy atom. The Morgan fingerprint density at radius 1 is 1.03 bits per heavy atom. The Kier molecular flexibility index (Phi) is 6.18. The first-order valence-electron chi connectivity index (χ1n) is 9.22. The molecule has 0 saturated heterocycles. The van der Waals surface area contributed by atoms with E-state index in [1.54, 1.807) is 13.8 Å². The molecule has 0 saturated carbocycles. The number of H-pyrrole nitrogens is 1. The first kappa shape index (κ1) is 22.5. The second kappa shape index (κ2) is 8.52. The van der Waals surface area contributed by atoms with Crippen LogP contribution < -0.4 is 10.9 Å². The van der Waals surface area contributed by atoms with Crippen molar-refractivity contribution in [2.24, 2.45) is 0 Å². The quantitative estimate of drug-likeness (QED) is 0.560. The number of hydrogen-bond donors (Lipinski definition) is 2. The van der Waals surface area contributed by atoms with Crippen molar-refractivity contribution < 1.29 is 26.4 Å². The van der Waals surface area contributed by atoms with Crippen molar-refractivity contribution in [2.45, 2.75) is 18.7 Å². The Bertz CT molecular complexity index is 1340. The summed E-state index contributed by atoms with van der Waals surface area (Å²) in [5, 5.41) is 2.16. The minimum atomic E-state index is -3.86. The number of halogens is 3. The number of carbonyl (C=O) groups is 1. The number of rotatable bonds is 6. The zero-order valence-corrected chi connectivity index (χ0v) is 17.3. The number of sulfonamides is 1. The number of aromatic amines is 1. The normalized spacial score (nSPS) is 11.8. The number of carbonyl (C=O) groups excluding carboxylic acids is 1. The number of nitrogens with zero attached hydrogens (tertiary/aromatic N) is 1. The molecule has 3 rings (SSSR count). The van der Waals surface area contributed by atoms with Crippen LogP contribution in [0.2, 0.25) is 0 Å². The van der Waals surface area contributed by atoms with Gasteiger partial charge >= 0.3 is 0 Å². The van der Waals surface area contributed by atoms with Crippen LogP contribution in [0.25, 0.3) is 10.9 Å². The number of hydrogen-bond acceptors (Lipinski definition) is 4. The van der Waals surface area contributed by atoms with Crippen LogP contribution in [0, 0.1) is 17.5 Å². The first-order chi connectivity index (χ1) is 14.6. The van der Waals surface area contributed by atoms with Crippen LogP contribution in [-0.4, -0.2) is 36.7 Å². The number of nitrogens with one attached hydrogen (secondary N) is 2. The van der Waals surface area contributed by atoms with Crippen LogP contribution in [0.15, 0.2) is 46.1 Å². The molecule has 31 heavy (non-hydrogen) atoms. The van der Waals surface area contributed by atoms with Gasteiger partial charge in [0.15, 0.2) is 17.5 Å². The lowest BCUT2D eigenvalue weighted by Gasteiger charge is -2.19. The van der Waals surface area contributed by atoms with E-state index < -0.39 is 44.6 Å². The molecule has 0 aliphatic rings. The third-order valence-corrected chi connectivity index (χ3v) is 6.73. The summed E-state index contributed by atoms with van der Waals surface area (Å²) in [4.78, 5) is 27.1. The van der Waals surface area contributed by atoms with E-state index in [1.807, 2.05) is 0 Å². The predicted molar refractivity (Wildman–Crippen MR) is 109 cm³/mol. The number of amides is 1. The average Bonchev–Trinajstić information content (AvgIpc) is 2.73. The Labute approximate surface area is 175 Å². The van der Waals surface area contributed by atoms with Gasteiger partial charge in [-0.1, -0.05) is 13.8 Å². The number of fused-ring (bicyclic) bond motifs is 1. The highest BCUT2D eigenvalue weighted by Gasteiger charge is 2.24. The molecule has 2 N–H and O–H groups in total. The monoisotopic (exact) mass is 453 g/mol. The molecule has 0 spiro atoms. The van der Waals surface area contributed by atoms with E-state index in [1.165, 1.54) is 22.5 Å². The molecule has 0 fully saturated rings. The van der Waals surface area contributed by atoms with Crippen LogP contribution in [0.1, 0.15) is 24.2 Å². The lowest BCUT2D eigenvalue weighted by Crippen LogP contribution is -2.30. The van der Waals surface area contributed by atoms with Crippen LogP contribution in [0.4, 0.5) is 18.9 Å². The Hall–Kier alpha value is -3.18. The highest BCUT2D eigenvalue weighted by molar-refractivity contribution is 7.89. The maximum absolute atomic E-state index is 13.9. The molecule has 3 aromatic rings. The molecule has 0 aliphatic heterocycles. The number of anilines is 1. The lowest BCUT2D eigenvalue weighted by molar-refractivity contribution is 0.102. The van der Waals surface area contributed by atoms with Crippen LogP contribution in [0.5, 0.6) is 0 Å². The fourth-order valence-corrected chi connectivity index (χ4v) is 4.59. The molecule has 1 aromatic heterocycles. The predicted octanol–water partition coefficient (Wildman–Crippen LogP) is 3.23. The standard InChI is InChI=1S/C20H18F3N3O4S/c1-3-26(4-2)31(29,30)11-5-7-15-12(9-11)13(10-17(27)24-15)20(28)25-16-8-6-14(21)18(22)19(16)23/h5-10H,3-4H2,1-2H3,(H,24,27)(H,25,28). The molecule has 164 valence electrons. The van der Waals surface area contributed by atoms with Gasteiger partial charge in [-0.05, 0) is 30.3 Å². The fourth-order valence-electron chi connectivity index (χ4n) is 3.11. The van der Waals surface area contributed by atoms with Crippen molar-refractivity contribution in [1.29, 1.82) is 0 Å². The van der Waals surface area contributed by atoms with Crippen molar-refractivity contribution in [3.05, 3.63) is 69.8 Å². The van der Waals surface area contributed by atoms with Gasteiger partial charge in [-0.2, -0.15) is 4.31 Å². The lowest BCUT2D eigenvalue weighted by atomic mass is 10.1. The number of aromatic nitrogens is 1. The first-order valence-corrected chi connectivity index (χ1v) is 10.7. The summed E-state index contributed by atoms with van der Waals surface area (Å²) in [6.07, 6.45) is 0. The highest BCUT2D eigenvalue weighted by Crippen LogP contribution is 2.25. The van der Waals surface area contributed by atoms with Gasteiger partial charge in [0.05, 0.1) is 16.1 Å². The minimum absolute atomic E-state index is 0.0772. The van der Waals surface area contributed by atoms with E-state index in [-0.39, 0.29) is 34.5 Å². The Morgan fingerprint density at radius 2 is 1.71 bits per heavy atom. The van der Waals surface area contributed by atoms with Crippen LogP contribution in [-0.2, 0) is 10.0 Å². The molecule has 7 nitrogen and oxygen atoms in total. The smallest absolute Gasteiger partial charge is 0.256 e. The molecule has 0 atom stereocenters. The number of benzene rings is 2. The second-order valence-corrected chi connectivity index (χ2v) is 8.46. The van der Waals surface area contributed by atoms with Gasteiger partial charge < -0.3 is 10.3 Å². The van der Waals surface area contributed by atoms with E-state index in [0.29, 0.717) is 6.07 Å². The summed E-state index contributed by atoms with van der Waals surface area (Å²) in [6.45, 7) is 3.81. The molecular weight excluding hydrogens is 435 g/mol. The molecule has 1 amide bonds. The van der Waals surface area contributed by atoms with Gasteiger partial charge in [-0.15, -0.1) is 0 Å². The summed E-state index contributed by atoms with van der Waals surface area (Å²) < 4.78 is 67.4. The second-order valence-electron chi connectivity index (χ2n) is 6.52. The van der Waals surface area contributed by atoms with Gasteiger partial charge in [0, 0.05) is 30.1 Å². The van der Waals surface area contributed by atoms with E-state index in [2.05, 4.69) is 10.3 Å². The van der Waals surface area contributed by atoms with Crippen LogP contribution in [0.3, 0.4) is 0 Å². The summed E-state index contributed by atoms with van der Waals surface area (Å²) in [6, 6.07) is 6.22. The molecule has 0 unspecified atom stereocenters. The van der Waals surface area contributed by atoms with Crippen LogP contribution >= 0.6 is 0 Å². The largest absolute Gasteiger partial charge is 0.322 e. The van der Waals surface area contributed by atoms with Crippen molar-refractivity contribution in [3.63, 3.8) is 0 Å². The molecule has 1 heterocycles. The SMILES string of the molecule is CCN(CC)S(=O)(=O)c1ccc2[nH]c(=O)cc(C(=O)Nc3ccc(F)c(F)c3F)c2c1. The molecule has 11 heteroatoms. The van der Waals surface area contributed by atoms with Gasteiger partial charge in [0.25, 0.3) is 5.91 Å². The summed E-state index contributed by atoms with van der Waals surface area (Å²) in [5.74, 6) is -5.80. The van der Waals surface area contributed by atoms with Crippen molar-refractivity contribution >= 4 is 32.5 Å². The van der Waals surface area contributed by atoms with Gasteiger partial charge in [-0.3, -0.25) is 9.59 Å². The van der Waals surface area contributed by atoms with Gasteiger partial charge in [0.1, 0.15) is 0 Å². The molecule has 0 radical (unpaired) electrons. The summed E-state index contributed by atoms with van der Waals surface area (Å²) >= 11 is 0. The zero-order chi connectivity index (χ0) is 22.9. The van der Waals surface area contributed by atoms with E-state index in [9.17, 15) is 31.2 Å². The topological polar surface area (TPSA) is 99.3 Å². The molecule has 2 aromatic carbocycles. The highest BCUT2D eigenvalue weighted by atomic mass is 32.2. The maximum Gasteiger partial charge on any atom is 0.256 e. The maximum atomic E-state index is 13.9. The molecular formula is C20H18F3N3O4S. The third kappa shape index (κ3) is 4.19. The van der Waals surface area contributed by atoms with E-state index in [4.69, 9.17) is 0 Å². The number of pyridine rings is 1. The average molecular weight is 453 g/mol.